The normalized spacial score (nSPS) is 13.3. The molecule has 0 saturated heterocycles. The van der Waals surface area contributed by atoms with Crippen LogP contribution in [0, 0.1) is 0 Å². The highest BCUT2D eigenvalue weighted by atomic mass is 79.9. The third-order valence-electron chi connectivity index (χ3n) is 4.53. The van der Waals surface area contributed by atoms with Gasteiger partial charge < -0.3 is 4.43 Å². The van der Waals surface area contributed by atoms with Crippen molar-refractivity contribution in [1.29, 1.82) is 0 Å². The highest BCUT2D eigenvalue weighted by Gasteiger charge is 2.37. The maximum atomic E-state index is 6.16. The highest BCUT2D eigenvalue weighted by Crippen LogP contribution is 2.36. The van der Waals surface area contributed by atoms with Crippen LogP contribution in [0.3, 0.4) is 0 Å². The molecule has 1 heterocycles. The molecule has 0 saturated carbocycles. The lowest BCUT2D eigenvalue weighted by molar-refractivity contribution is 0.318. The molecule has 134 valence electrons. The van der Waals surface area contributed by atoms with Crippen molar-refractivity contribution in [3.63, 3.8) is 0 Å². The molecule has 7 heteroatoms. The predicted molar refractivity (Wildman–Crippen MR) is 112 cm³/mol. The molecule has 25 heavy (non-hydrogen) atoms. The number of aliphatic imine (C=N–C) groups is 2. The van der Waals surface area contributed by atoms with E-state index < -0.39 is 8.32 Å². The van der Waals surface area contributed by atoms with Crippen LogP contribution in [0.25, 0.3) is 10.9 Å². The second kappa shape index (κ2) is 7.35. The lowest BCUT2D eigenvalue weighted by Gasteiger charge is -2.36. The number of hydrogen-bond acceptors (Lipinski definition) is 3. The van der Waals surface area contributed by atoms with Gasteiger partial charge in [-0.25, -0.2) is 9.98 Å². The van der Waals surface area contributed by atoms with E-state index in [0.717, 1.165) is 15.4 Å². The average Bonchev–Trinajstić information content (AvgIpc) is 2.92. The van der Waals surface area contributed by atoms with Gasteiger partial charge in [0, 0.05) is 9.86 Å². The summed E-state index contributed by atoms with van der Waals surface area (Å²) in [6.07, 6.45) is 1.78. The van der Waals surface area contributed by atoms with Crippen LogP contribution in [0.1, 0.15) is 20.8 Å². The Morgan fingerprint density at radius 2 is 2.04 bits per heavy atom. The first kappa shape index (κ1) is 19.7. The summed E-state index contributed by atoms with van der Waals surface area (Å²) in [4.78, 5) is 8.50. The zero-order chi connectivity index (χ0) is 18.8. The Morgan fingerprint density at radius 1 is 1.36 bits per heavy atom. The minimum Gasteiger partial charge on any atom is -0.411 e. The van der Waals surface area contributed by atoms with Crippen molar-refractivity contribution < 1.29 is 4.43 Å². The van der Waals surface area contributed by atoms with Crippen LogP contribution >= 0.6 is 15.9 Å². The summed E-state index contributed by atoms with van der Waals surface area (Å²) >= 11 is 3.48. The van der Waals surface area contributed by atoms with Crippen LogP contribution in [-0.2, 0) is 4.43 Å². The number of aromatic nitrogens is 2. The first-order valence-corrected chi connectivity index (χ1v) is 11.8. The summed E-state index contributed by atoms with van der Waals surface area (Å²) in [5.74, 6) is 0.386. The number of halogens is 1. The molecular weight excluding hydrogens is 396 g/mol. The highest BCUT2D eigenvalue weighted by molar-refractivity contribution is 9.10. The van der Waals surface area contributed by atoms with Gasteiger partial charge in [-0.1, -0.05) is 49.3 Å². The second-order valence-corrected chi connectivity index (χ2v) is 13.2. The van der Waals surface area contributed by atoms with Gasteiger partial charge in [-0.3, -0.25) is 0 Å². The lowest BCUT2D eigenvalue weighted by atomic mass is 10.2. The molecule has 0 bridgehead atoms. The van der Waals surface area contributed by atoms with E-state index in [2.05, 4.69) is 78.2 Å². The van der Waals surface area contributed by atoms with Crippen molar-refractivity contribution in [3.8, 4) is 0 Å². The van der Waals surface area contributed by atoms with Gasteiger partial charge in [-0.2, -0.15) is 9.78 Å². The summed E-state index contributed by atoms with van der Waals surface area (Å²) < 4.78 is 8.78. The number of rotatable bonds is 4. The minimum atomic E-state index is -1.85. The zero-order valence-electron chi connectivity index (χ0n) is 15.5. The number of hydrogen-bond donors (Lipinski definition) is 0. The average molecular weight is 421 g/mol. The van der Waals surface area contributed by atoms with E-state index in [4.69, 9.17) is 4.43 Å². The SMILES string of the molecule is C=NC(=NC(=C)CO[Si](C)(C)C(C)(C)C)n1ncc2ccc(Br)cc21. The number of nitrogens with zero attached hydrogens (tertiary/aromatic N) is 4. The largest absolute Gasteiger partial charge is 0.411 e. The van der Waals surface area contributed by atoms with E-state index in [9.17, 15) is 0 Å². The third-order valence-corrected chi connectivity index (χ3v) is 9.50. The first-order valence-electron chi connectivity index (χ1n) is 8.06. The Morgan fingerprint density at radius 3 is 2.64 bits per heavy atom. The summed E-state index contributed by atoms with van der Waals surface area (Å²) in [5, 5.41) is 5.51. The Bertz CT molecular complexity index is 833. The molecule has 5 nitrogen and oxygen atoms in total. The van der Waals surface area contributed by atoms with E-state index in [-0.39, 0.29) is 5.04 Å². The zero-order valence-corrected chi connectivity index (χ0v) is 18.1. The van der Waals surface area contributed by atoms with Crippen molar-refractivity contribution >= 4 is 47.8 Å². The van der Waals surface area contributed by atoms with Crippen LogP contribution < -0.4 is 0 Å². The molecule has 0 aliphatic carbocycles. The van der Waals surface area contributed by atoms with Crippen molar-refractivity contribution in [2.24, 2.45) is 9.98 Å². The summed E-state index contributed by atoms with van der Waals surface area (Å²) in [6, 6.07) is 5.93. The molecule has 1 aromatic carbocycles. The molecule has 2 aromatic rings. The quantitative estimate of drug-likeness (QED) is 0.385. The predicted octanol–water partition coefficient (Wildman–Crippen LogP) is 5.24. The molecule has 0 atom stereocenters. The number of fused-ring (bicyclic) bond motifs is 1. The van der Waals surface area contributed by atoms with E-state index >= 15 is 0 Å². The molecule has 0 amide bonds. The van der Waals surface area contributed by atoms with Crippen LogP contribution in [0.4, 0.5) is 0 Å². The fourth-order valence-corrected chi connectivity index (χ4v) is 3.26. The van der Waals surface area contributed by atoms with E-state index in [1.54, 1.807) is 10.9 Å². The Labute approximate surface area is 158 Å². The van der Waals surface area contributed by atoms with Gasteiger partial charge in [0.25, 0.3) is 5.96 Å². The smallest absolute Gasteiger partial charge is 0.250 e. The molecule has 0 unspecified atom stereocenters. The molecule has 0 N–H and O–H groups in total. The van der Waals surface area contributed by atoms with Crippen LogP contribution in [-0.4, -0.2) is 37.4 Å². The minimum absolute atomic E-state index is 0.140. The number of benzene rings is 1. The van der Waals surface area contributed by atoms with Gasteiger partial charge in [0.1, 0.15) is 0 Å². The van der Waals surface area contributed by atoms with Gasteiger partial charge in [0.05, 0.1) is 24.0 Å². The Kier molecular flexibility index (Phi) is 5.81. The van der Waals surface area contributed by atoms with Gasteiger partial charge in [0.2, 0.25) is 0 Å². The monoisotopic (exact) mass is 420 g/mol. The second-order valence-electron chi connectivity index (χ2n) is 7.44. The van der Waals surface area contributed by atoms with E-state index in [0.29, 0.717) is 18.3 Å². The fraction of sp³-hybridized carbons (Fsp3) is 0.389. The molecule has 0 aliphatic rings. The van der Waals surface area contributed by atoms with Crippen molar-refractivity contribution in [1.82, 2.24) is 9.78 Å². The fourth-order valence-electron chi connectivity index (χ4n) is 1.95. The molecule has 2 rings (SSSR count). The molecule has 1 aromatic heterocycles. The molecular formula is C18H25BrN4OSi. The van der Waals surface area contributed by atoms with E-state index in [1.165, 1.54) is 0 Å². The van der Waals surface area contributed by atoms with Gasteiger partial charge in [-0.15, -0.1) is 0 Å². The molecule has 0 fully saturated rings. The van der Waals surface area contributed by atoms with Crippen LogP contribution in [0.2, 0.25) is 18.1 Å². The topological polar surface area (TPSA) is 51.8 Å². The molecule has 0 radical (unpaired) electrons. The Balaban J connectivity index is 2.23. The van der Waals surface area contributed by atoms with Crippen molar-refractivity contribution in [3.05, 3.63) is 41.1 Å². The molecule has 0 spiro atoms. The summed E-state index contributed by atoms with van der Waals surface area (Å²) in [6.45, 7) is 19.0. The third kappa shape index (κ3) is 4.53. The van der Waals surface area contributed by atoms with Crippen molar-refractivity contribution in [2.75, 3.05) is 6.61 Å². The summed E-state index contributed by atoms with van der Waals surface area (Å²) in [7, 11) is -1.85. The standard InChI is InChI=1S/C18H25BrN4OSi/c1-13(12-24-25(6,7)18(2,3)4)22-17(20-5)23-16-10-15(19)9-8-14(16)11-21-23/h8-11H,1,5,12H2,2-4,6-7H3. The summed E-state index contributed by atoms with van der Waals surface area (Å²) in [5.41, 5.74) is 1.50. The van der Waals surface area contributed by atoms with Gasteiger partial charge in [0.15, 0.2) is 8.32 Å². The van der Waals surface area contributed by atoms with Crippen LogP contribution in [0.5, 0.6) is 0 Å². The Hall–Kier alpha value is -1.57. The maximum Gasteiger partial charge on any atom is 0.250 e. The lowest BCUT2D eigenvalue weighted by Crippen LogP contribution is -2.41. The molecule has 0 aliphatic heterocycles. The van der Waals surface area contributed by atoms with E-state index in [1.807, 2.05) is 18.2 Å². The maximum absolute atomic E-state index is 6.16. The first-order chi connectivity index (χ1) is 11.5. The van der Waals surface area contributed by atoms with Gasteiger partial charge >= 0.3 is 0 Å². The van der Waals surface area contributed by atoms with Crippen molar-refractivity contribution in [2.45, 2.75) is 38.9 Å². The van der Waals surface area contributed by atoms with Crippen LogP contribution in [0.15, 0.2) is 51.1 Å². The van der Waals surface area contributed by atoms with Gasteiger partial charge in [-0.05, 0) is 37.0 Å².